The third-order valence-electron chi connectivity index (χ3n) is 6.25. The number of carbonyl (C=O) groups is 1. The molecule has 1 amide bonds. The van der Waals surface area contributed by atoms with Crippen molar-refractivity contribution in [1.82, 2.24) is 15.0 Å². The minimum Gasteiger partial charge on any atom is -0.497 e. The van der Waals surface area contributed by atoms with Crippen molar-refractivity contribution >= 4 is 17.4 Å². The summed E-state index contributed by atoms with van der Waals surface area (Å²) in [5.74, 6) is 3.20. The summed E-state index contributed by atoms with van der Waals surface area (Å²) in [6.45, 7) is 1.46. The molecule has 0 saturated carbocycles. The number of carbonyl (C=O) groups excluding carboxylic acids is 1. The Morgan fingerprint density at radius 2 is 1.72 bits per heavy atom. The van der Waals surface area contributed by atoms with Gasteiger partial charge in [-0.1, -0.05) is 12.1 Å². The van der Waals surface area contributed by atoms with E-state index in [9.17, 15) is 4.79 Å². The van der Waals surface area contributed by atoms with E-state index in [0.29, 0.717) is 28.9 Å². The molecule has 0 unspecified atom stereocenters. The number of aromatic nitrogens is 3. The van der Waals surface area contributed by atoms with Gasteiger partial charge < -0.3 is 24.1 Å². The molecule has 1 aliphatic heterocycles. The molecule has 1 aliphatic rings. The largest absolute Gasteiger partial charge is 0.497 e. The number of amides is 1. The maximum atomic E-state index is 12.9. The zero-order valence-electron chi connectivity index (χ0n) is 20.2. The van der Waals surface area contributed by atoms with E-state index in [4.69, 9.17) is 18.9 Å². The molecular weight excluding hydrogens is 458 g/mol. The molecule has 9 nitrogen and oxygen atoms in total. The first-order chi connectivity index (χ1) is 17.6. The number of methoxy groups -OCH3 is 2. The number of anilines is 2. The van der Waals surface area contributed by atoms with Gasteiger partial charge in [0, 0.05) is 60.2 Å². The van der Waals surface area contributed by atoms with Crippen molar-refractivity contribution in [1.29, 1.82) is 0 Å². The molecule has 9 heteroatoms. The topological polar surface area (TPSA) is 103 Å². The van der Waals surface area contributed by atoms with Crippen LogP contribution in [0.15, 0.2) is 71.6 Å². The Balaban J connectivity index is 1.24. The van der Waals surface area contributed by atoms with Crippen LogP contribution < -0.4 is 19.7 Å². The van der Waals surface area contributed by atoms with E-state index in [1.54, 1.807) is 51.1 Å². The number of nitrogens with zero attached hydrogens (tertiary/aromatic N) is 4. The highest BCUT2D eigenvalue weighted by Crippen LogP contribution is 2.29. The fourth-order valence-electron chi connectivity index (χ4n) is 4.32. The third kappa shape index (κ3) is 5.14. The number of benzene rings is 2. The summed E-state index contributed by atoms with van der Waals surface area (Å²) in [7, 11) is 3.17. The standard InChI is InChI=1S/C27H27N5O4/c1-34-22-15-21(16-23(17-22)35-2)30-26(33)18-7-11-32(12-8-18)24-6-9-28-25(31-24)19-4-3-5-20(14-19)27-29-10-13-36-27/h3-6,9-10,13-18H,7-8,11-12H2,1-2H3,(H,30,33). The first-order valence-electron chi connectivity index (χ1n) is 11.7. The summed E-state index contributed by atoms with van der Waals surface area (Å²) >= 11 is 0. The van der Waals surface area contributed by atoms with Gasteiger partial charge in [-0.15, -0.1) is 0 Å². The second-order valence-corrected chi connectivity index (χ2v) is 8.51. The molecule has 2 aromatic carbocycles. The lowest BCUT2D eigenvalue weighted by Crippen LogP contribution is -2.38. The van der Waals surface area contributed by atoms with E-state index in [1.165, 1.54) is 0 Å². The fourth-order valence-corrected chi connectivity index (χ4v) is 4.32. The van der Waals surface area contributed by atoms with Crippen LogP contribution in [-0.4, -0.2) is 48.2 Å². The first-order valence-corrected chi connectivity index (χ1v) is 11.7. The van der Waals surface area contributed by atoms with E-state index < -0.39 is 0 Å². The maximum absolute atomic E-state index is 12.9. The predicted molar refractivity (Wildman–Crippen MR) is 136 cm³/mol. The van der Waals surface area contributed by atoms with Crippen LogP contribution in [0.2, 0.25) is 0 Å². The van der Waals surface area contributed by atoms with Gasteiger partial charge in [-0.2, -0.15) is 0 Å². The molecule has 0 bridgehead atoms. The molecule has 0 radical (unpaired) electrons. The van der Waals surface area contributed by atoms with Gasteiger partial charge in [-0.25, -0.2) is 15.0 Å². The summed E-state index contributed by atoms with van der Waals surface area (Å²) in [4.78, 5) is 28.6. The lowest BCUT2D eigenvalue weighted by atomic mass is 9.95. The maximum Gasteiger partial charge on any atom is 0.227 e. The molecule has 36 heavy (non-hydrogen) atoms. The molecule has 2 aromatic heterocycles. The number of ether oxygens (including phenoxy) is 2. The van der Waals surface area contributed by atoms with Gasteiger partial charge >= 0.3 is 0 Å². The van der Waals surface area contributed by atoms with E-state index in [2.05, 4.69) is 20.2 Å². The Hall–Kier alpha value is -4.40. The van der Waals surface area contributed by atoms with Crippen molar-refractivity contribution in [2.24, 2.45) is 5.92 Å². The van der Waals surface area contributed by atoms with Crippen molar-refractivity contribution in [3.63, 3.8) is 0 Å². The second-order valence-electron chi connectivity index (χ2n) is 8.51. The average molecular weight is 486 g/mol. The number of oxazole rings is 1. The number of hydrogen-bond donors (Lipinski definition) is 1. The zero-order chi connectivity index (χ0) is 24.9. The van der Waals surface area contributed by atoms with Crippen LogP contribution in [0.1, 0.15) is 12.8 Å². The smallest absolute Gasteiger partial charge is 0.227 e. The molecule has 184 valence electrons. The summed E-state index contributed by atoms with van der Waals surface area (Å²) in [6, 6.07) is 15.1. The fraction of sp³-hybridized carbons (Fsp3) is 0.259. The Labute approximate surface area is 209 Å². The van der Waals surface area contributed by atoms with E-state index in [0.717, 1.165) is 42.9 Å². The summed E-state index contributed by atoms with van der Waals surface area (Å²) in [5.41, 5.74) is 2.41. The summed E-state index contributed by atoms with van der Waals surface area (Å²) in [6.07, 6.45) is 6.40. The Bertz CT molecular complexity index is 1310. The molecule has 3 heterocycles. The van der Waals surface area contributed by atoms with Crippen LogP contribution in [0.4, 0.5) is 11.5 Å². The number of piperidine rings is 1. The summed E-state index contributed by atoms with van der Waals surface area (Å²) < 4.78 is 16.0. The third-order valence-corrected chi connectivity index (χ3v) is 6.25. The zero-order valence-corrected chi connectivity index (χ0v) is 20.2. The van der Waals surface area contributed by atoms with Gasteiger partial charge in [0.2, 0.25) is 11.8 Å². The molecule has 1 saturated heterocycles. The lowest BCUT2D eigenvalue weighted by Gasteiger charge is -2.32. The van der Waals surface area contributed by atoms with E-state index in [1.807, 2.05) is 30.3 Å². The minimum absolute atomic E-state index is 0.00307. The van der Waals surface area contributed by atoms with Gasteiger partial charge in [0.25, 0.3) is 0 Å². The molecule has 1 fully saturated rings. The van der Waals surface area contributed by atoms with Crippen molar-refractivity contribution in [2.75, 3.05) is 37.5 Å². The highest BCUT2D eigenvalue weighted by atomic mass is 16.5. The highest BCUT2D eigenvalue weighted by molar-refractivity contribution is 5.93. The quantitative estimate of drug-likeness (QED) is 0.403. The van der Waals surface area contributed by atoms with Gasteiger partial charge in [0.1, 0.15) is 23.6 Å². The Morgan fingerprint density at radius 1 is 0.972 bits per heavy atom. The monoisotopic (exact) mass is 485 g/mol. The van der Waals surface area contributed by atoms with Crippen LogP contribution >= 0.6 is 0 Å². The predicted octanol–water partition coefficient (Wildman–Crippen LogP) is 4.67. The molecule has 0 atom stereocenters. The van der Waals surface area contributed by atoms with Crippen LogP contribution in [-0.2, 0) is 4.79 Å². The van der Waals surface area contributed by atoms with Gasteiger partial charge in [-0.05, 0) is 31.0 Å². The highest BCUT2D eigenvalue weighted by Gasteiger charge is 2.26. The van der Waals surface area contributed by atoms with E-state index in [-0.39, 0.29) is 11.8 Å². The molecule has 1 N–H and O–H groups in total. The van der Waals surface area contributed by atoms with Crippen molar-refractivity contribution in [3.05, 3.63) is 67.2 Å². The van der Waals surface area contributed by atoms with Crippen LogP contribution in [0.25, 0.3) is 22.8 Å². The minimum atomic E-state index is -0.0859. The van der Waals surface area contributed by atoms with Crippen LogP contribution in [0, 0.1) is 5.92 Å². The van der Waals surface area contributed by atoms with Crippen molar-refractivity contribution in [2.45, 2.75) is 12.8 Å². The molecule has 4 aromatic rings. The number of nitrogens with one attached hydrogen (secondary N) is 1. The van der Waals surface area contributed by atoms with Gasteiger partial charge in [-0.3, -0.25) is 4.79 Å². The SMILES string of the molecule is COc1cc(NC(=O)C2CCN(c3ccnc(-c4cccc(-c5ncco5)c4)n3)CC2)cc(OC)c1. The number of rotatable bonds is 7. The number of hydrogen-bond acceptors (Lipinski definition) is 8. The van der Waals surface area contributed by atoms with Gasteiger partial charge in [0.05, 0.1) is 20.4 Å². The molecule has 0 aliphatic carbocycles. The Morgan fingerprint density at radius 3 is 2.42 bits per heavy atom. The second kappa shape index (κ2) is 10.5. The van der Waals surface area contributed by atoms with Crippen molar-refractivity contribution in [3.8, 4) is 34.3 Å². The normalized spacial score (nSPS) is 13.9. The van der Waals surface area contributed by atoms with Gasteiger partial charge in [0.15, 0.2) is 5.82 Å². The average Bonchev–Trinajstić information content (AvgIpc) is 3.48. The first kappa shape index (κ1) is 23.3. The Kier molecular flexibility index (Phi) is 6.79. The summed E-state index contributed by atoms with van der Waals surface area (Å²) in [5, 5.41) is 3.01. The van der Waals surface area contributed by atoms with Crippen LogP contribution in [0.5, 0.6) is 11.5 Å². The molecule has 0 spiro atoms. The lowest BCUT2D eigenvalue weighted by molar-refractivity contribution is -0.120. The molecular formula is C27H27N5O4. The van der Waals surface area contributed by atoms with Crippen molar-refractivity contribution < 1.29 is 18.7 Å². The van der Waals surface area contributed by atoms with E-state index >= 15 is 0 Å². The molecule has 5 rings (SSSR count). The van der Waals surface area contributed by atoms with Crippen LogP contribution in [0.3, 0.4) is 0 Å².